The van der Waals surface area contributed by atoms with Crippen molar-refractivity contribution in [1.29, 1.82) is 0 Å². The number of amides is 2. The molecule has 0 saturated heterocycles. The Bertz CT molecular complexity index is 341. The Kier molecular flexibility index (Phi) is 4.37. The summed E-state index contributed by atoms with van der Waals surface area (Å²) in [5.74, 6) is -0.0582. The fraction of sp³-hybridized carbons (Fsp3) is 0.846. The number of rotatable bonds is 3. The molecule has 5 heteroatoms. The minimum atomic E-state index is -1.01. The summed E-state index contributed by atoms with van der Waals surface area (Å²) in [7, 11) is 0. The molecule has 0 radical (unpaired) electrons. The van der Waals surface area contributed by atoms with Gasteiger partial charge in [-0.2, -0.15) is 0 Å². The van der Waals surface area contributed by atoms with Crippen molar-refractivity contribution < 1.29 is 9.59 Å². The molecular formula is C13H25N3O2. The van der Waals surface area contributed by atoms with Crippen molar-refractivity contribution in [1.82, 2.24) is 5.32 Å². The van der Waals surface area contributed by atoms with Crippen LogP contribution in [-0.4, -0.2) is 23.4 Å². The summed E-state index contributed by atoms with van der Waals surface area (Å²) < 4.78 is 0. The normalized spacial score (nSPS) is 32.9. The van der Waals surface area contributed by atoms with Gasteiger partial charge < -0.3 is 16.8 Å². The van der Waals surface area contributed by atoms with Gasteiger partial charge in [0.25, 0.3) is 0 Å². The van der Waals surface area contributed by atoms with Crippen LogP contribution in [0.3, 0.4) is 0 Å². The summed E-state index contributed by atoms with van der Waals surface area (Å²) in [4.78, 5) is 23.4. The summed E-state index contributed by atoms with van der Waals surface area (Å²) in [5.41, 5.74) is 10.3. The van der Waals surface area contributed by atoms with E-state index < -0.39 is 11.4 Å². The van der Waals surface area contributed by atoms with E-state index in [4.69, 9.17) is 11.5 Å². The van der Waals surface area contributed by atoms with Crippen LogP contribution in [0.25, 0.3) is 0 Å². The molecule has 1 aliphatic carbocycles. The lowest BCUT2D eigenvalue weighted by Gasteiger charge is -2.37. The third-order valence-electron chi connectivity index (χ3n) is 4.08. The molecule has 4 atom stereocenters. The molecule has 0 spiro atoms. The van der Waals surface area contributed by atoms with Crippen molar-refractivity contribution in [3.05, 3.63) is 0 Å². The van der Waals surface area contributed by atoms with Gasteiger partial charge in [-0.15, -0.1) is 0 Å². The first-order valence-electron chi connectivity index (χ1n) is 6.52. The van der Waals surface area contributed by atoms with Gasteiger partial charge in [-0.25, -0.2) is 0 Å². The van der Waals surface area contributed by atoms with E-state index in [1.54, 1.807) is 13.8 Å². The number of nitrogens with one attached hydrogen (secondary N) is 1. The summed E-state index contributed by atoms with van der Waals surface area (Å²) in [6, 6.07) is 0.0497. The lowest BCUT2D eigenvalue weighted by atomic mass is 9.72. The Hall–Kier alpha value is -1.10. The quantitative estimate of drug-likeness (QED) is 0.679. The van der Waals surface area contributed by atoms with Crippen LogP contribution >= 0.6 is 0 Å². The van der Waals surface area contributed by atoms with E-state index in [-0.39, 0.29) is 23.8 Å². The summed E-state index contributed by atoms with van der Waals surface area (Å²) in [6.07, 6.45) is 1.61. The molecule has 18 heavy (non-hydrogen) atoms. The zero-order valence-electron chi connectivity index (χ0n) is 11.7. The van der Waals surface area contributed by atoms with Crippen LogP contribution in [0.1, 0.15) is 40.5 Å². The van der Waals surface area contributed by atoms with Gasteiger partial charge in [0.2, 0.25) is 11.8 Å². The third kappa shape index (κ3) is 3.22. The van der Waals surface area contributed by atoms with Crippen molar-refractivity contribution >= 4 is 11.8 Å². The summed E-state index contributed by atoms with van der Waals surface area (Å²) >= 11 is 0. The number of nitrogens with two attached hydrogens (primary N) is 2. The summed E-state index contributed by atoms with van der Waals surface area (Å²) in [6.45, 7) is 7.40. The van der Waals surface area contributed by atoms with E-state index >= 15 is 0 Å². The van der Waals surface area contributed by atoms with E-state index in [1.165, 1.54) is 0 Å². The molecular weight excluding hydrogens is 230 g/mol. The van der Waals surface area contributed by atoms with Gasteiger partial charge in [-0.1, -0.05) is 13.8 Å². The average molecular weight is 255 g/mol. The maximum absolute atomic E-state index is 12.2. The van der Waals surface area contributed by atoms with Crippen LogP contribution in [-0.2, 0) is 9.59 Å². The SMILES string of the molecule is CC1CC(C)C(C(=O)NC(C)(C)C(N)=O)CC1N. The fourth-order valence-corrected chi connectivity index (χ4v) is 2.51. The second-order valence-electron chi connectivity index (χ2n) is 6.17. The number of primary amides is 1. The van der Waals surface area contributed by atoms with Crippen LogP contribution in [0.15, 0.2) is 0 Å². The van der Waals surface area contributed by atoms with Crippen LogP contribution in [0, 0.1) is 17.8 Å². The van der Waals surface area contributed by atoms with Crippen LogP contribution in [0.4, 0.5) is 0 Å². The van der Waals surface area contributed by atoms with Gasteiger partial charge in [-0.3, -0.25) is 9.59 Å². The Morgan fingerprint density at radius 2 is 1.72 bits per heavy atom. The minimum Gasteiger partial charge on any atom is -0.368 e. The Labute approximate surface area is 109 Å². The predicted molar refractivity (Wildman–Crippen MR) is 70.4 cm³/mol. The predicted octanol–water partition coefficient (Wildman–Crippen LogP) is 0.376. The first kappa shape index (κ1) is 15.0. The van der Waals surface area contributed by atoms with Gasteiger partial charge in [0, 0.05) is 12.0 Å². The lowest BCUT2D eigenvalue weighted by Crippen LogP contribution is -2.56. The average Bonchev–Trinajstić information content (AvgIpc) is 2.22. The van der Waals surface area contributed by atoms with E-state index in [0.717, 1.165) is 6.42 Å². The Balaban J connectivity index is 2.70. The molecule has 1 saturated carbocycles. The highest BCUT2D eigenvalue weighted by molar-refractivity contribution is 5.90. The zero-order valence-corrected chi connectivity index (χ0v) is 11.7. The second-order valence-corrected chi connectivity index (χ2v) is 6.17. The van der Waals surface area contributed by atoms with Gasteiger partial charge in [0.1, 0.15) is 5.54 Å². The third-order valence-corrected chi connectivity index (χ3v) is 4.08. The van der Waals surface area contributed by atoms with E-state index in [9.17, 15) is 9.59 Å². The topological polar surface area (TPSA) is 98.2 Å². The molecule has 1 rings (SSSR count). The van der Waals surface area contributed by atoms with Gasteiger partial charge in [-0.05, 0) is 38.5 Å². The van der Waals surface area contributed by atoms with Crippen molar-refractivity contribution in [2.45, 2.75) is 52.1 Å². The highest BCUT2D eigenvalue weighted by Gasteiger charge is 2.37. The lowest BCUT2D eigenvalue weighted by molar-refractivity contribution is -0.134. The first-order valence-corrected chi connectivity index (χ1v) is 6.52. The summed E-state index contributed by atoms with van der Waals surface area (Å²) in [5, 5.41) is 2.72. The van der Waals surface area contributed by atoms with Crippen molar-refractivity contribution in [3.8, 4) is 0 Å². The zero-order chi connectivity index (χ0) is 14.1. The molecule has 2 amide bonds. The molecule has 1 aliphatic rings. The Morgan fingerprint density at radius 1 is 1.17 bits per heavy atom. The molecule has 0 aliphatic heterocycles. The molecule has 0 aromatic carbocycles. The monoisotopic (exact) mass is 255 g/mol. The standard InChI is InChI=1S/C13H25N3O2/c1-7-5-8(2)10(14)6-9(7)11(17)16-13(3,4)12(15)18/h7-10H,5-6,14H2,1-4H3,(H2,15,18)(H,16,17). The van der Waals surface area contributed by atoms with Crippen molar-refractivity contribution in [2.24, 2.45) is 29.2 Å². The van der Waals surface area contributed by atoms with Gasteiger partial charge in [0.05, 0.1) is 0 Å². The number of hydrogen-bond acceptors (Lipinski definition) is 3. The maximum Gasteiger partial charge on any atom is 0.242 e. The molecule has 4 unspecified atom stereocenters. The maximum atomic E-state index is 12.2. The molecule has 0 aromatic rings. The number of carbonyl (C=O) groups excluding carboxylic acids is 2. The second kappa shape index (κ2) is 5.26. The molecule has 5 nitrogen and oxygen atoms in total. The number of hydrogen-bond donors (Lipinski definition) is 3. The first-order chi connectivity index (χ1) is 8.15. The largest absolute Gasteiger partial charge is 0.368 e. The van der Waals surface area contributed by atoms with Gasteiger partial charge in [0.15, 0.2) is 0 Å². The highest BCUT2D eigenvalue weighted by Crippen LogP contribution is 2.33. The molecule has 104 valence electrons. The van der Waals surface area contributed by atoms with Crippen molar-refractivity contribution in [2.75, 3.05) is 0 Å². The molecule has 0 bridgehead atoms. The smallest absolute Gasteiger partial charge is 0.242 e. The fourth-order valence-electron chi connectivity index (χ4n) is 2.51. The Morgan fingerprint density at radius 3 is 2.22 bits per heavy atom. The van der Waals surface area contributed by atoms with Crippen molar-refractivity contribution in [3.63, 3.8) is 0 Å². The van der Waals surface area contributed by atoms with E-state index in [2.05, 4.69) is 19.2 Å². The van der Waals surface area contributed by atoms with Crippen LogP contribution < -0.4 is 16.8 Å². The minimum absolute atomic E-state index is 0.0497. The number of carbonyl (C=O) groups is 2. The van der Waals surface area contributed by atoms with E-state index in [1.807, 2.05) is 0 Å². The van der Waals surface area contributed by atoms with Crippen LogP contribution in [0.2, 0.25) is 0 Å². The van der Waals surface area contributed by atoms with E-state index in [0.29, 0.717) is 12.3 Å². The molecule has 0 aromatic heterocycles. The molecule has 1 fully saturated rings. The highest BCUT2D eigenvalue weighted by atomic mass is 16.2. The van der Waals surface area contributed by atoms with Gasteiger partial charge >= 0.3 is 0 Å². The molecule has 0 heterocycles. The molecule has 5 N–H and O–H groups in total. The van der Waals surface area contributed by atoms with Crippen LogP contribution in [0.5, 0.6) is 0 Å².